The highest BCUT2D eigenvalue weighted by Gasteiger charge is 2.09. The molecule has 0 saturated heterocycles. The second kappa shape index (κ2) is 7.11. The Bertz CT molecular complexity index is 694. The van der Waals surface area contributed by atoms with Gasteiger partial charge in [0, 0.05) is 22.3 Å². The molecule has 5 nitrogen and oxygen atoms in total. The molecule has 0 radical (unpaired) electrons. The summed E-state index contributed by atoms with van der Waals surface area (Å²) in [5.41, 5.74) is 1.01. The van der Waals surface area contributed by atoms with Crippen LogP contribution in [0.1, 0.15) is 5.56 Å². The van der Waals surface area contributed by atoms with Gasteiger partial charge in [0.15, 0.2) is 0 Å². The van der Waals surface area contributed by atoms with Crippen molar-refractivity contribution in [2.24, 2.45) is 0 Å². The van der Waals surface area contributed by atoms with Crippen LogP contribution < -0.4 is 15.4 Å². The highest BCUT2D eigenvalue weighted by molar-refractivity contribution is 6.31. The average molecular weight is 325 g/mol. The van der Waals surface area contributed by atoms with E-state index in [1.165, 1.54) is 19.2 Å². The molecule has 0 unspecified atom stereocenters. The van der Waals surface area contributed by atoms with Gasteiger partial charge in [-0.15, -0.1) is 0 Å². The molecule has 22 heavy (non-hydrogen) atoms. The molecule has 0 aromatic heterocycles. The Morgan fingerprint density at radius 2 is 2.05 bits per heavy atom. The number of carbonyl (C=O) groups excluding carboxylic acids is 1. The molecule has 0 heterocycles. The number of carbonyl (C=O) groups is 1. The minimum absolute atomic E-state index is 0.189. The second-order valence-corrected chi connectivity index (χ2v) is 4.85. The number of amides is 2. The lowest BCUT2D eigenvalue weighted by molar-refractivity contribution is 0.262. The topological polar surface area (TPSA) is 70.6 Å². The quantitative estimate of drug-likeness (QED) is 0.804. The van der Waals surface area contributed by atoms with E-state index in [0.717, 1.165) is 6.07 Å². The maximum atomic E-state index is 13.2. The summed E-state index contributed by atoms with van der Waals surface area (Å²) in [4.78, 5) is 12.0. The predicted octanol–water partition coefficient (Wildman–Crippen LogP) is 3.62. The van der Waals surface area contributed by atoms with Gasteiger partial charge in [-0.3, -0.25) is 0 Å². The van der Waals surface area contributed by atoms with Crippen LogP contribution in [0.3, 0.4) is 0 Å². The van der Waals surface area contributed by atoms with Crippen LogP contribution in [0.25, 0.3) is 0 Å². The van der Waals surface area contributed by atoms with E-state index < -0.39 is 11.8 Å². The van der Waals surface area contributed by atoms with Crippen LogP contribution >= 0.6 is 11.6 Å². The third kappa shape index (κ3) is 4.09. The highest BCUT2D eigenvalue weighted by atomic mass is 35.5. The van der Waals surface area contributed by atoms with Crippen molar-refractivity contribution >= 4 is 29.0 Å². The molecular weight excluding hydrogens is 311 g/mol. The number of methoxy groups -OCH3 is 1. The first-order chi connectivity index (χ1) is 10.5. The van der Waals surface area contributed by atoms with E-state index in [-0.39, 0.29) is 12.3 Å². The number of halogens is 2. The number of benzene rings is 2. The van der Waals surface area contributed by atoms with Gasteiger partial charge in [-0.05, 0) is 24.3 Å². The van der Waals surface area contributed by atoms with Gasteiger partial charge in [0.2, 0.25) is 0 Å². The lowest BCUT2D eigenvalue weighted by Crippen LogP contribution is -2.20. The minimum atomic E-state index is -0.593. The summed E-state index contributed by atoms with van der Waals surface area (Å²) in [5.74, 6) is -0.0264. The Labute approximate surface area is 131 Å². The van der Waals surface area contributed by atoms with E-state index in [1.54, 1.807) is 18.2 Å². The Hall–Kier alpha value is -2.31. The van der Waals surface area contributed by atoms with Crippen molar-refractivity contribution in [3.8, 4) is 5.75 Å². The van der Waals surface area contributed by atoms with Crippen molar-refractivity contribution in [3.05, 3.63) is 52.8 Å². The molecule has 0 bridgehead atoms. The molecule has 7 heteroatoms. The van der Waals surface area contributed by atoms with Gasteiger partial charge in [-0.25, -0.2) is 9.18 Å². The van der Waals surface area contributed by atoms with E-state index in [9.17, 15) is 14.3 Å². The smallest absolute Gasteiger partial charge is 0.323 e. The standard InChI is InChI=1S/C15H14ClFN2O3/c1-22-13-5-10(16)4-12(7-13)18-15(21)19-14-6-11(17)3-2-9(14)8-20/h2-7,20H,8H2,1H3,(H2,18,19,21). The number of rotatable bonds is 4. The van der Waals surface area contributed by atoms with E-state index >= 15 is 0 Å². The number of ether oxygens (including phenoxy) is 1. The van der Waals surface area contributed by atoms with Crippen LogP contribution in [0.15, 0.2) is 36.4 Å². The molecule has 2 rings (SSSR count). The summed E-state index contributed by atoms with van der Waals surface area (Å²) in [6.45, 7) is -0.319. The number of anilines is 2. The van der Waals surface area contributed by atoms with Crippen molar-refractivity contribution in [3.63, 3.8) is 0 Å². The summed E-state index contributed by atoms with van der Waals surface area (Å²) in [6.07, 6.45) is 0. The molecule has 0 spiro atoms. The third-order valence-electron chi connectivity index (χ3n) is 2.86. The fourth-order valence-corrected chi connectivity index (χ4v) is 2.07. The van der Waals surface area contributed by atoms with E-state index in [4.69, 9.17) is 16.3 Å². The molecule has 2 amide bonds. The normalized spacial score (nSPS) is 10.2. The van der Waals surface area contributed by atoms with Crippen LogP contribution in [0.4, 0.5) is 20.6 Å². The van der Waals surface area contributed by atoms with Gasteiger partial charge >= 0.3 is 6.03 Å². The third-order valence-corrected chi connectivity index (χ3v) is 3.07. The van der Waals surface area contributed by atoms with Crippen molar-refractivity contribution in [2.45, 2.75) is 6.61 Å². The number of hydrogen-bond acceptors (Lipinski definition) is 3. The highest BCUT2D eigenvalue weighted by Crippen LogP contribution is 2.24. The monoisotopic (exact) mass is 324 g/mol. The SMILES string of the molecule is COc1cc(Cl)cc(NC(=O)Nc2cc(F)ccc2CO)c1. The van der Waals surface area contributed by atoms with Gasteiger partial charge in [-0.2, -0.15) is 0 Å². The van der Waals surface area contributed by atoms with Gasteiger partial charge in [0.25, 0.3) is 0 Å². The van der Waals surface area contributed by atoms with Crippen LogP contribution in [-0.4, -0.2) is 18.2 Å². The zero-order chi connectivity index (χ0) is 16.1. The first-order valence-electron chi connectivity index (χ1n) is 6.33. The molecule has 2 aromatic carbocycles. The maximum Gasteiger partial charge on any atom is 0.323 e. The van der Waals surface area contributed by atoms with Crippen LogP contribution in [0, 0.1) is 5.82 Å². The average Bonchev–Trinajstić information content (AvgIpc) is 2.46. The number of hydrogen-bond donors (Lipinski definition) is 3. The molecular formula is C15H14ClFN2O3. The number of aliphatic hydroxyl groups is 1. The summed E-state index contributed by atoms with van der Waals surface area (Å²) < 4.78 is 18.3. The molecule has 0 atom stereocenters. The molecule has 116 valence electrons. The maximum absolute atomic E-state index is 13.2. The summed E-state index contributed by atoms with van der Waals surface area (Å²) in [7, 11) is 1.48. The summed E-state index contributed by atoms with van der Waals surface area (Å²) >= 11 is 5.91. The van der Waals surface area contributed by atoms with E-state index in [2.05, 4.69) is 10.6 Å². The lowest BCUT2D eigenvalue weighted by Gasteiger charge is -2.12. The minimum Gasteiger partial charge on any atom is -0.497 e. The fraction of sp³-hybridized carbons (Fsp3) is 0.133. The van der Waals surface area contributed by atoms with Gasteiger partial charge < -0.3 is 20.5 Å². The second-order valence-electron chi connectivity index (χ2n) is 4.42. The van der Waals surface area contributed by atoms with Crippen LogP contribution in [0.2, 0.25) is 5.02 Å². The lowest BCUT2D eigenvalue weighted by atomic mass is 10.2. The largest absolute Gasteiger partial charge is 0.497 e. The Balaban J connectivity index is 2.13. The van der Waals surface area contributed by atoms with Crippen molar-refractivity contribution in [2.75, 3.05) is 17.7 Å². The molecule has 0 aliphatic rings. The van der Waals surface area contributed by atoms with Gasteiger partial charge in [0.05, 0.1) is 19.4 Å². The molecule has 0 aliphatic heterocycles. The number of aliphatic hydroxyl groups excluding tert-OH is 1. The molecule has 2 aromatic rings. The van der Waals surface area contributed by atoms with Crippen LogP contribution in [0.5, 0.6) is 5.75 Å². The Morgan fingerprint density at radius 1 is 1.27 bits per heavy atom. The summed E-state index contributed by atoms with van der Waals surface area (Å²) in [5, 5.41) is 14.6. The zero-order valence-corrected chi connectivity index (χ0v) is 12.4. The van der Waals surface area contributed by atoms with E-state index in [0.29, 0.717) is 22.0 Å². The Kier molecular flexibility index (Phi) is 5.19. The van der Waals surface area contributed by atoms with Gasteiger partial charge in [0.1, 0.15) is 11.6 Å². The predicted molar refractivity (Wildman–Crippen MR) is 83.0 cm³/mol. The zero-order valence-electron chi connectivity index (χ0n) is 11.7. The fourth-order valence-electron chi connectivity index (χ4n) is 1.84. The van der Waals surface area contributed by atoms with Crippen molar-refractivity contribution < 1.29 is 19.0 Å². The first-order valence-corrected chi connectivity index (χ1v) is 6.71. The van der Waals surface area contributed by atoms with Crippen molar-refractivity contribution in [1.29, 1.82) is 0 Å². The molecule has 0 aliphatic carbocycles. The number of urea groups is 1. The molecule has 0 saturated carbocycles. The van der Waals surface area contributed by atoms with Gasteiger partial charge in [-0.1, -0.05) is 17.7 Å². The van der Waals surface area contributed by atoms with Crippen molar-refractivity contribution in [1.82, 2.24) is 0 Å². The van der Waals surface area contributed by atoms with E-state index in [1.807, 2.05) is 0 Å². The molecule has 3 N–H and O–H groups in total. The molecule has 0 fully saturated rings. The number of nitrogens with one attached hydrogen (secondary N) is 2. The van der Waals surface area contributed by atoms with Crippen LogP contribution in [-0.2, 0) is 6.61 Å². The Morgan fingerprint density at radius 3 is 2.73 bits per heavy atom. The first kappa shape index (κ1) is 16.1. The summed E-state index contributed by atoms with van der Waals surface area (Å²) in [6, 6.07) is 7.87.